The summed E-state index contributed by atoms with van der Waals surface area (Å²) in [7, 11) is -2.57. The highest BCUT2D eigenvalue weighted by molar-refractivity contribution is 7.87. The standard InChI is InChI=1S/C19H21NO5S/c1-13-6-8-16(17(11-13)24-3)25-26(22,23)18-9-7-15(12-14(18)2)20-10-4-5-19(20)21/h6-9,11-12H,4-5,10H2,1-3H3. The van der Waals surface area contributed by atoms with Crippen LogP contribution in [-0.4, -0.2) is 28.0 Å². The van der Waals surface area contributed by atoms with Crippen molar-refractivity contribution in [3.63, 3.8) is 0 Å². The molecule has 7 heteroatoms. The molecule has 1 saturated heterocycles. The van der Waals surface area contributed by atoms with Crippen molar-refractivity contribution in [3.05, 3.63) is 47.5 Å². The summed E-state index contributed by atoms with van der Waals surface area (Å²) in [5.41, 5.74) is 2.16. The van der Waals surface area contributed by atoms with Crippen LogP contribution in [0.5, 0.6) is 11.5 Å². The van der Waals surface area contributed by atoms with E-state index in [1.165, 1.54) is 13.2 Å². The SMILES string of the molecule is COc1cc(C)ccc1OS(=O)(=O)c1ccc(N2CCCC2=O)cc1C. The van der Waals surface area contributed by atoms with Crippen LogP contribution in [0.15, 0.2) is 41.3 Å². The molecule has 0 spiro atoms. The Hall–Kier alpha value is -2.54. The number of ether oxygens (including phenoxy) is 1. The highest BCUT2D eigenvalue weighted by Gasteiger charge is 2.25. The molecule has 1 aliphatic rings. The average Bonchev–Trinajstić information content (AvgIpc) is 3.02. The normalized spacial score (nSPS) is 14.6. The third-order valence-electron chi connectivity index (χ3n) is 4.33. The minimum atomic E-state index is -4.03. The third kappa shape index (κ3) is 3.53. The lowest BCUT2D eigenvalue weighted by Gasteiger charge is -2.18. The molecule has 3 rings (SSSR count). The molecule has 2 aromatic rings. The monoisotopic (exact) mass is 375 g/mol. The largest absolute Gasteiger partial charge is 0.493 e. The van der Waals surface area contributed by atoms with Crippen LogP contribution in [0.1, 0.15) is 24.0 Å². The van der Waals surface area contributed by atoms with E-state index in [4.69, 9.17) is 8.92 Å². The first-order valence-corrected chi connectivity index (χ1v) is 9.73. The lowest BCUT2D eigenvalue weighted by Crippen LogP contribution is -2.24. The van der Waals surface area contributed by atoms with E-state index in [2.05, 4.69) is 0 Å². The number of rotatable bonds is 5. The molecule has 1 amide bonds. The van der Waals surface area contributed by atoms with E-state index >= 15 is 0 Å². The molecule has 0 bridgehead atoms. The maximum Gasteiger partial charge on any atom is 0.339 e. The Morgan fingerprint density at radius 2 is 1.81 bits per heavy atom. The highest BCUT2D eigenvalue weighted by Crippen LogP contribution is 2.32. The molecule has 0 N–H and O–H groups in total. The van der Waals surface area contributed by atoms with Crippen LogP contribution < -0.4 is 13.8 Å². The molecule has 2 aromatic carbocycles. The number of hydrogen-bond acceptors (Lipinski definition) is 5. The molecular formula is C19H21NO5S. The number of carbonyl (C=O) groups is 1. The Kier molecular flexibility index (Phi) is 4.91. The van der Waals surface area contributed by atoms with Crippen molar-refractivity contribution in [1.29, 1.82) is 0 Å². The number of benzene rings is 2. The zero-order valence-corrected chi connectivity index (χ0v) is 15.8. The van der Waals surface area contributed by atoms with Crippen molar-refractivity contribution in [3.8, 4) is 11.5 Å². The molecule has 0 saturated carbocycles. The van der Waals surface area contributed by atoms with E-state index in [-0.39, 0.29) is 16.6 Å². The summed E-state index contributed by atoms with van der Waals surface area (Å²) in [6, 6.07) is 9.84. The van der Waals surface area contributed by atoms with Gasteiger partial charge in [0.2, 0.25) is 5.91 Å². The molecular weight excluding hydrogens is 354 g/mol. The summed E-state index contributed by atoms with van der Waals surface area (Å²) in [6.45, 7) is 4.22. The number of hydrogen-bond donors (Lipinski definition) is 0. The Morgan fingerprint density at radius 1 is 1.04 bits per heavy atom. The molecule has 1 fully saturated rings. The first kappa shape index (κ1) is 18.3. The topological polar surface area (TPSA) is 72.9 Å². The van der Waals surface area contributed by atoms with Crippen molar-refractivity contribution >= 4 is 21.7 Å². The van der Waals surface area contributed by atoms with Crippen molar-refractivity contribution in [2.45, 2.75) is 31.6 Å². The van der Waals surface area contributed by atoms with Crippen molar-refractivity contribution in [2.24, 2.45) is 0 Å². The Bertz CT molecular complexity index is 952. The number of methoxy groups -OCH3 is 1. The minimum Gasteiger partial charge on any atom is -0.493 e. The summed E-state index contributed by atoms with van der Waals surface area (Å²) in [5.74, 6) is 0.544. The first-order valence-electron chi connectivity index (χ1n) is 8.32. The van der Waals surface area contributed by atoms with Gasteiger partial charge in [-0.05, 0) is 61.7 Å². The summed E-state index contributed by atoms with van der Waals surface area (Å²) in [6.07, 6.45) is 1.34. The number of nitrogens with zero attached hydrogens (tertiary/aromatic N) is 1. The fourth-order valence-electron chi connectivity index (χ4n) is 3.01. The molecule has 0 atom stereocenters. The number of carbonyl (C=O) groups excluding carboxylic acids is 1. The second-order valence-electron chi connectivity index (χ2n) is 6.29. The van der Waals surface area contributed by atoms with Gasteiger partial charge in [-0.25, -0.2) is 0 Å². The van der Waals surface area contributed by atoms with Crippen molar-refractivity contribution < 1.29 is 22.1 Å². The molecule has 138 valence electrons. The van der Waals surface area contributed by atoms with Crippen LogP contribution in [-0.2, 0) is 14.9 Å². The Balaban J connectivity index is 1.91. The van der Waals surface area contributed by atoms with E-state index in [1.54, 1.807) is 42.2 Å². The molecule has 0 unspecified atom stereocenters. The lowest BCUT2D eigenvalue weighted by molar-refractivity contribution is -0.117. The van der Waals surface area contributed by atoms with E-state index in [0.717, 1.165) is 12.0 Å². The zero-order valence-electron chi connectivity index (χ0n) is 15.0. The van der Waals surface area contributed by atoms with Gasteiger partial charge in [0.25, 0.3) is 0 Å². The van der Waals surface area contributed by atoms with Crippen LogP contribution >= 0.6 is 0 Å². The molecule has 1 heterocycles. The first-order chi connectivity index (χ1) is 12.3. The predicted molar refractivity (Wildman–Crippen MR) is 98.3 cm³/mol. The predicted octanol–water partition coefficient (Wildman–Crippen LogP) is 3.21. The molecule has 1 aliphatic heterocycles. The van der Waals surface area contributed by atoms with Crippen LogP contribution in [0.3, 0.4) is 0 Å². The molecule has 6 nitrogen and oxygen atoms in total. The third-order valence-corrected chi connectivity index (χ3v) is 5.73. The molecule has 26 heavy (non-hydrogen) atoms. The van der Waals surface area contributed by atoms with Gasteiger partial charge in [-0.15, -0.1) is 0 Å². The molecule has 0 aliphatic carbocycles. The van der Waals surface area contributed by atoms with Gasteiger partial charge in [-0.2, -0.15) is 8.42 Å². The summed E-state index contributed by atoms with van der Waals surface area (Å²) >= 11 is 0. The van der Waals surface area contributed by atoms with Crippen molar-refractivity contribution in [1.82, 2.24) is 0 Å². The number of aryl methyl sites for hydroxylation is 2. The average molecular weight is 375 g/mol. The van der Waals surface area contributed by atoms with Crippen LogP contribution in [0.2, 0.25) is 0 Å². The minimum absolute atomic E-state index is 0.0562. The fraction of sp³-hybridized carbons (Fsp3) is 0.316. The van der Waals surface area contributed by atoms with Crippen LogP contribution in [0, 0.1) is 13.8 Å². The van der Waals surface area contributed by atoms with Gasteiger partial charge in [-0.3, -0.25) is 4.79 Å². The van der Waals surface area contributed by atoms with Crippen LogP contribution in [0.25, 0.3) is 0 Å². The summed E-state index contributed by atoms with van der Waals surface area (Å²) < 4.78 is 35.9. The number of amides is 1. The van der Waals surface area contributed by atoms with Gasteiger partial charge < -0.3 is 13.8 Å². The highest BCUT2D eigenvalue weighted by atomic mass is 32.2. The second kappa shape index (κ2) is 6.99. The van der Waals surface area contributed by atoms with Gasteiger partial charge in [0, 0.05) is 18.7 Å². The van der Waals surface area contributed by atoms with E-state index in [0.29, 0.717) is 30.0 Å². The lowest BCUT2D eigenvalue weighted by atomic mass is 10.2. The maximum absolute atomic E-state index is 12.7. The maximum atomic E-state index is 12.7. The second-order valence-corrected chi connectivity index (χ2v) is 7.81. The quantitative estimate of drug-likeness (QED) is 0.751. The summed E-state index contributed by atoms with van der Waals surface area (Å²) in [5, 5.41) is 0. The van der Waals surface area contributed by atoms with E-state index in [1.807, 2.05) is 6.92 Å². The fourth-order valence-corrected chi connectivity index (χ4v) is 4.16. The van der Waals surface area contributed by atoms with Gasteiger partial charge in [0.05, 0.1) is 7.11 Å². The van der Waals surface area contributed by atoms with Gasteiger partial charge in [0.15, 0.2) is 11.5 Å². The molecule has 0 radical (unpaired) electrons. The number of anilines is 1. The summed E-state index contributed by atoms with van der Waals surface area (Å²) in [4.78, 5) is 13.6. The Morgan fingerprint density at radius 3 is 2.42 bits per heavy atom. The zero-order chi connectivity index (χ0) is 18.9. The van der Waals surface area contributed by atoms with Crippen LogP contribution in [0.4, 0.5) is 5.69 Å². The van der Waals surface area contributed by atoms with E-state index < -0.39 is 10.1 Å². The van der Waals surface area contributed by atoms with Gasteiger partial charge in [0.1, 0.15) is 4.90 Å². The van der Waals surface area contributed by atoms with E-state index in [9.17, 15) is 13.2 Å². The van der Waals surface area contributed by atoms with Crippen molar-refractivity contribution in [2.75, 3.05) is 18.6 Å². The van der Waals surface area contributed by atoms with Gasteiger partial charge in [-0.1, -0.05) is 6.07 Å². The van der Waals surface area contributed by atoms with Gasteiger partial charge >= 0.3 is 10.1 Å². The Labute approximate surface area is 153 Å². The smallest absolute Gasteiger partial charge is 0.339 e. The molecule has 0 aromatic heterocycles.